The van der Waals surface area contributed by atoms with Gasteiger partial charge in [-0.05, 0) is 0 Å². The van der Waals surface area contributed by atoms with Crippen molar-refractivity contribution in [1.82, 2.24) is 4.98 Å². The Labute approximate surface area is 106 Å². The van der Waals surface area contributed by atoms with Gasteiger partial charge in [0.15, 0.2) is 0 Å². The van der Waals surface area contributed by atoms with Gasteiger partial charge < -0.3 is 0 Å². The summed E-state index contributed by atoms with van der Waals surface area (Å²) < 4.78 is 2.93. The first-order valence-corrected chi connectivity index (χ1v) is 8.79. The molecule has 1 unspecified atom stereocenters. The van der Waals surface area contributed by atoms with E-state index in [1.807, 2.05) is 6.20 Å². The summed E-state index contributed by atoms with van der Waals surface area (Å²) in [6.45, 7) is 0. The molecule has 0 spiro atoms. The SMILES string of the molecule is Cl.Cl.[CH2]=[Ti]([CH3])([C]1=CC=CC1)[c]1ccc[nH]1. The third-order valence-electron chi connectivity index (χ3n) is 2.67. The molecule has 0 saturated heterocycles. The number of allylic oxidation sites excluding steroid dienone is 4. The van der Waals surface area contributed by atoms with Crippen molar-refractivity contribution in [1.29, 1.82) is 0 Å². The number of hydrogen-bond donors (Lipinski definition) is 1. The Bertz CT molecular complexity index is 404. The molecule has 1 N–H and O–H groups in total. The van der Waals surface area contributed by atoms with E-state index in [4.69, 9.17) is 0 Å². The van der Waals surface area contributed by atoms with Crippen molar-refractivity contribution in [3.05, 3.63) is 40.4 Å². The molecule has 2 rings (SSSR count). The van der Waals surface area contributed by atoms with Crippen LogP contribution in [0.4, 0.5) is 0 Å². The zero-order chi connectivity index (χ0) is 9.31. The standard InChI is InChI=1S/C5H5.C4H4N.CH3.CH2.2ClH.Ti/c2*1-2-4-5-3-1;;;;;/h1-3H,4H2;1-3,5H;1H3;1H2;2*1H;. The van der Waals surface area contributed by atoms with Crippen molar-refractivity contribution in [2.24, 2.45) is 0 Å². The van der Waals surface area contributed by atoms with E-state index >= 15 is 0 Å². The summed E-state index contributed by atoms with van der Waals surface area (Å²) in [5.74, 6) is 0. The van der Waals surface area contributed by atoms with E-state index in [0.29, 0.717) is 0 Å². The fourth-order valence-electron chi connectivity index (χ4n) is 1.70. The molecule has 1 aliphatic carbocycles. The van der Waals surface area contributed by atoms with E-state index in [1.165, 1.54) is 4.00 Å². The van der Waals surface area contributed by atoms with Gasteiger partial charge in [-0.2, -0.15) is 0 Å². The Morgan fingerprint density at radius 1 is 1.40 bits per heavy atom. The second-order valence-corrected chi connectivity index (χ2v) is 9.74. The molecule has 1 heterocycles. The predicted molar refractivity (Wildman–Crippen MR) is 69.7 cm³/mol. The van der Waals surface area contributed by atoms with Crippen molar-refractivity contribution in [3.8, 4) is 0 Å². The average Bonchev–Trinajstić information content (AvgIpc) is 2.78. The summed E-state index contributed by atoms with van der Waals surface area (Å²) in [6.07, 6.45) is 9.71. The summed E-state index contributed by atoms with van der Waals surface area (Å²) >= 11 is -2.12. The Morgan fingerprint density at radius 2 is 2.13 bits per heavy atom. The molecule has 0 fully saturated rings. The van der Waals surface area contributed by atoms with Gasteiger partial charge in [-0.25, -0.2) is 0 Å². The van der Waals surface area contributed by atoms with Crippen LogP contribution in [-0.2, 0) is 16.1 Å². The van der Waals surface area contributed by atoms with Crippen LogP contribution in [0.15, 0.2) is 40.4 Å². The molecular formula is C11H16Cl2NTi. The van der Waals surface area contributed by atoms with Crippen LogP contribution in [0.2, 0.25) is 5.23 Å². The first kappa shape index (κ1) is 14.9. The zero-order valence-corrected chi connectivity index (χ0v) is 11.9. The van der Waals surface area contributed by atoms with Crippen LogP contribution in [0.1, 0.15) is 6.42 Å². The molecule has 0 bridgehead atoms. The third-order valence-corrected chi connectivity index (χ3v) is 7.81. The topological polar surface area (TPSA) is 15.8 Å². The van der Waals surface area contributed by atoms with Crippen molar-refractivity contribution in [3.63, 3.8) is 0 Å². The maximum atomic E-state index is 4.44. The van der Waals surface area contributed by atoms with E-state index in [-0.39, 0.29) is 24.8 Å². The van der Waals surface area contributed by atoms with E-state index in [2.05, 4.69) is 45.4 Å². The Kier molecular flexibility index (Phi) is 5.83. The first-order chi connectivity index (χ1) is 6.21. The van der Waals surface area contributed by atoms with Gasteiger partial charge in [0.25, 0.3) is 0 Å². The molecule has 1 aliphatic rings. The fraction of sp³-hybridized carbons (Fsp3) is 0.182. The molecule has 15 heavy (non-hydrogen) atoms. The van der Waals surface area contributed by atoms with Crippen LogP contribution in [-0.4, -0.2) is 9.80 Å². The maximum absolute atomic E-state index is 4.44. The van der Waals surface area contributed by atoms with Crippen LogP contribution >= 0.6 is 24.8 Å². The first-order valence-electron chi connectivity index (χ1n) is 4.56. The molecular weight excluding hydrogens is 265 g/mol. The fourth-order valence-corrected chi connectivity index (χ4v) is 5.21. The molecule has 0 aliphatic heterocycles. The van der Waals surface area contributed by atoms with Crippen LogP contribution < -0.4 is 4.00 Å². The number of H-pyrrole nitrogens is 1. The molecule has 4 heteroatoms. The van der Waals surface area contributed by atoms with Gasteiger partial charge in [-0.1, -0.05) is 0 Å². The second kappa shape index (κ2) is 5.86. The van der Waals surface area contributed by atoms with E-state index in [1.54, 1.807) is 3.88 Å². The molecule has 0 saturated carbocycles. The molecule has 83 valence electrons. The minimum absolute atomic E-state index is 0. The van der Waals surface area contributed by atoms with Crippen LogP contribution in [0.3, 0.4) is 0 Å². The van der Waals surface area contributed by atoms with Gasteiger partial charge in [0.2, 0.25) is 0 Å². The Hall–Kier alpha value is -0.0757. The van der Waals surface area contributed by atoms with E-state index in [9.17, 15) is 0 Å². The third kappa shape index (κ3) is 2.95. The molecule has 1 aromatic heterocycles. The van der Waals surface area contributed by atoms with Crippen LogP contribution in [0.25, 0.3) is 0 Å². The number of aromatic nitrogens is 1. The van der Waals surface area contributed by atoms with E-state index < -0.39 is 16.1 Å². The number of nitrogens with one attached hydrogen (secondary N) is 1. The number of halogens is 2. The normalized spacial score (nSPS) is 17.3. The van der Waals surface area contributed by atoms with Crippen molar-refractivity contribution >= 4 is 33.6 Å². The monoisotopic (exact) mass is 280 g/mol. The molecule has 0 amide bonds. The van der Waals surface area contributed by atoms with Gasteiger partial charge in [-0.15, -0.1) is 24.8 Å². The zero-order valence-electron chi connectivity index (χ0n) is 8.69. The summed E-state index contributed by atoms with van der Waals surface area (Å²) in [5, 5.41) is 2.34. The Balaban J connectivity index is 0.000000980. The molecule has 1 aromatic rings. The summed E-state index contributed by atoms with van der Waals surface area (Å²) in [7, 11) is 0. The van der Waals surface area contributed by atoms with Gasteiger partial charge in [0.1, 0.15) is 0 Å². The summed E-state index contributed by atoms with van der Waals surface area (Å²) in [6, 6.07) is 4.24. The van der Waals surface area contributed by atoms with Gasteiger partial charge in [0.05, 0.1) is 0 Å². The van der Waals surface area contributed by atoms with Crippen LogP contribution in [0.5, 0.6) is 0 Å². The van der Waals surface area contributed by atoms with Crippen molar-refractivity contribution < 1.29 is 16.1 Å². The van der Waals surface area contributed by atoms with Crippen LogP contribution in [0, 0.1) is 0 Å². The molecule has 1 nitrogen and oxygen atoms in total. The summed E-state index contributed by atoms with van der Waals surface area (Å²) in [5.41, 5.74) is 0. The quantitative estimate of drug-likeness (QED) is 0.802. The Morgan fingerprint density at radius 3 is 2.60 bits per heavy atom. The van der Waals surface area contributed by atoms with Crippen molar-refractivity contribution in [2.75, 3.05) is 0 Å². The predicted octanol–water partition coefficient (Wildman–Crippen LogP) is 2.96. The average molecular weight is 281 g/mol. The van der Waals surface area contributed by atoms with Gasteiger partial charge in [0, 0.05) is 0 Å². The molecule has 1 atom stereocenters. The molecule has 0 aromatic carbocycles. The van der Waals surface area contributed by atoms with Gasteiger partial charge in [-0.3, -0.25) is 0 Å². The number of rotatable bonds is 2. The number of aromatic amines is 1. The van der Waals surface area contributed by atoms with Gasteiger partial charge >= 0.3 is 82.0 Å². The summed E-state index contributed by atoms with van der Waals surface area (Å²) in [4.78, 5) is 7.75. The number of hydrogen-bond acceptors (Lipinski definition) is 0. The minimum atomic E-state index is -2.12. The van der Waals surface area contributed by atoms with Crippen molar-refractivity contribution in [2.45, 2.75) is 11.6 Å². The molecule has 0 radical (unpaired) electrons. The second-order valence-electron chi connectivity index (χ2n) is 3.74. The van der Waals surface area contributed by atoms with E-state index in [0.717, 1.165) is 6.42 Å².